The van der Waals surface area contributed by atoms with Crippen LogP contribution in [0.1, 0.15) is 100 Å². The summed E-state index contributed by atoms with van der Waals surface area (Å²) in [6.45, 7) is 15.8. The van der Waals surface area contributed by atoms with E-state index in [0.29, 0.717) is 36.6 Å². The second-order valence-electron chi connectivity index (χ2n) is 14.8. The molecule has 1 aliphatic carbocycles. The highest BCUT2D eigenvalue weighted by molar-refractivity contribution is 7.98. The number of fused-ring (bicyclic) bond motifs is 1. The molecule has 1 aromatic carbocycles. The summed E-state index contributed by atoms with van der Waals surface area (Å²) < 4.78 is 7.53. The second kappa shape index (κ2) is 12.9. The number of carbonyl (C=O) groups is 2. The minimum Gasteiger partial charge on any atom is -0.443 e. The minimum absolute atomic E-state index is 0.0629. The number of hydrogen-bond acceptors (Lipinski definition) is 8. The molecule has 1 atom stereocenters. The number of hydrogen-bond donors (Lipinski definition) is 0. The van der Waals surface area contributed by atoms with Gasteiger partial charge in [0, 0.05) is 37.1 Å². The molecule has 2 aliphatic heterocycles. The van der Waals surface area contributed by atoms with E-state index in [1.54, 1.807) is 32.6 Å². The average molecular weight is 660 g/mol. The number of ether oxygens (including phenoxy) is 1. The number of pyridine rings is 1. The Labute approximate surface area is 283 Å². The molecule has 47 heavy (non-hydrogen) atoms. The van der Waals surface area contributed by atoms with E-state index < -0.39 is 17.1 Å². The smallest absolute Gasteiger partial charge is 0.415 e. The first-order valence-electron chi connectivity index (χ1n) is 16.9. The van der Waals surface area contributed by atoms with E-state index in [9.17, 15) is 9.59 Å². The van der Waals surface area contributed by atoms with Crippen LogP contribution >= 0.6 is 11.8 Å². The Kier molecular flexibility index (Phi) is 9.17. The number of anilines is 2. The van der Waals surface area contributed by atoms with E-state index in [1.807, 2.05) is 46.9 Å². The van der Waals surface area contributed by atoms with Crippen LogP contribution in [-0.2, 0) is 30.3 Å². The molecule has 2 fully saturated rings. The van der Waals surface area contributed by atoms with Crippen LogP contribution in [-0.4, -0.2) is 68.1 Å². The fraction of sp³-hybridized carbons (Fsp3) is 0.583. The number of carbonyl (C=O) groups excluding carboxylic acids is 2. The van der Waals surface area contributed by atoms with Crippen LogP contribution in [0.3, 0.4) is 0 Å². The first kappa shape index (κ1) is 33.5. The van der Waals surface area contributed by atoms with Crippen molar-refractivity contribution in [3.63, 3.8) is 0 Å². The number of aromatic nitrogens is 4. The molecular formula is C36H49N7O3S. The van der Waals surface area contributed by atoms with E-state index in [2.05, 4.69) is 37.1 Å². The number of nitrogens with zero attached hydrogens (tertiary/aromatic N) is 7. The van der Waals surface area contributed by atoms with Gasteiger partial charge >= 0.3 is 6.09 Å². The van der Waals surface area contributed by atoms with Crippen molar-refractivity contribution in [3.05, 3.63) is 58.7 Å². The average Bonchev–Trinajstić information content (AvgIpc) is 3.57. The van der Waals surface area contributed by atoms with Crippen molar-refractivity contribution in [3.8, 4) is 0 Å². The van der Waals surface area contributed by atoms with Gasteiger partial charge in [0.1, 0.15) is 23.6 Å². The number of rotatable bonds is 8. The predicted octanol–water partition coefficient (Wildman–Crippen LogP) is 6.80. The quantitative estimate of drug-likeness (QED) is 0.244. The third kappa shape index (κ3) is 6.66. The normalized spacial score (nSPS) is 23.1. The molecule has 1 saturated heterocycles. The molecule has 4 heterocycles. The van der Waals surface area contributed by atoms with Crippen LogP contribution in [0.15, 0.2) is 35.5 Å². The highest BCUT2D eigenvalue weighted by Gasteiger charge is 2.49. The second-order valence-corrected chi connectivity index (χ2v) is 15.7. The van der Waals surface area contributed by atoms with Gasteiger partial charge in [-0.15, -0.1) is 11.8 Å². The number of amides is 2. The summed E-state index contributed by atoms with van der Waals surface area (Å²) in [7, 11) is 1.88. The molecule has 252 valence electrons. The predicted molar refractivity (Wildman–Crippen MR) is 186 cm³/mol. The van der Waals surface area contributed by atoms with Crippen molar-refractivity contribution in [2.75, 3.05) is 35.7 Å². The summed E-state index contributed by atoms with van der Waals surface area (Å²) in [6, 6.07) is 8.34. The van der Waals surface area contributed by atoms with E-state index in [4.69, 9.17) is 19.8 Å². The van der Waals surface area contributed by atoms with Gasteiger partial charge in [-0.3, -0.25) is 24.2 Å². The Morgan fingerprint density at radius 1 is 1.15 bits per heavy atom. The SMILES string of the molecule is CCN(C(=O)OC(C)(C)C)c1cc(C2(c3ncn(C)n3)CC(C)C2)cc(N2Cc3c(SC)cc(CN4CCC[C@H](C)C4)cc3C2=O)n1. The fourth-order valence-corrected chi connectivity index (χ4v) is 8.26. The molecule has 3 aromatic rings. The zero-order valence-electron chi connectivity index (χ0n) is 29.2. The number of aryl methyl sites for hydroxylation is 1. The Bertz CT molecular complexity index is 1660. The third-order valence-corrected chi connectivity index (χ3v) is 10.5. The van der Waals surface area contributed by atoms with Gasteiger partial charge in [0.25, 0.3) is 5.91 Å². The Morgan fingerprint density at radius 3 is 2.53 bits per heavy atom. The van der Waals surface area contributed by atoms with Gasteiger partial charge in [-0.2, -0.15) is 5.10 Å². The summed E-state index contributed by atoms with van der Waals surface area (Å²) in [5, 5.41) is 4.75. The van der Waals surface area contributed by atoms with Crippen LogP contribution in [0.25, 0.3) is 0 Å². The van der Waals surface area contributed by atoms with Crippen molar-refractivity contribution in [1.82, 2.24) is 24.6 Å². The summed E-state index contributed by atoms with van der Waals surface area (Å²) in [5.41, 5.74) is 2.79. The number of piperidine rings is 1. The molecule has 2 aromatic heterocycles. The van der Waals surface area contributed by atoms with Crippen LogP contribution in [0, 0.1) is 11.8 Å². The molecule has 2 amide bonds. The van der Waals surface area contributed by atoms with Gasteiger partial charge < -0.3 is 4.74 Å². The minimum atomic E-state index is -0.668. The largest absolute Gasteiger partial charge is 0.443 e. The van der Waals surface area contributed by atoms with Crippen molar-refractivity contribution in [1.29, 1.82) is 0 Å². The molecule has 3 aliphatic rings. The monoisotopic (exact) mass is 659 g/mol. The molecular weight excluding hydrogens is 611 g/mol. The van der Waals surface area contributed by atoms with Gasteiger partial charge in [0.2, 0.25) is 0 Å². The van der Waals surface area contributed by atoms with Crippen molar-refractivity contribution < 1.29 is 14.3 Å². The maximum atomic E-state index is 14.3. The Balaban J connectivity index is 1.42. The van der Waals surface area contributed by atoms with Gasteiger partial charge in [0.15, 0.2) is 5.82 Å². The molecule has 11 heteroatoms. The molecule has 0 radical (unpaired) electrons. The number of thioether (sulfide) groups is 1. The number of likely N-dealkylation sites (tertiary alicyclic amines) is 1. The lowest BCUT2D eigenvalue weighted by Gasteiger charge is -2.45. The zero-order valence-corrected chi connectivity index (χ0v) is 30.0. The van der Waals surface area contributed by atoms with E-state index in [1.165, 1.54) is 18.4 Å². The van der Waals surface area contributed by atoms with Gasteiger partial charge in [-0.05, 0) is 119 Å². The summed E-state index contributed by atoms with van der Waals surface area (Å²) in [6.07, 6.45) is 7.55. The molecule has 0 unspecified atom stereocenters. The van der Waals surface area contributed by atoms with Gasteiger partial charge in [-0.25, -0.2) is 14.8 Å². The lowest BCUT2D eigenvalue weighted by atomic mass is 9.58. The molecule has 0 N–H and O–H groups in total. The van der Waals surface area contributed by atoms with Crippen LogP contribution in [0.5, 0.6) is 0 Å². The van der Waals surface area contributed by atoms with Crippen molar-refractivity contribution >= 4 is 35.4 Å². The summed E-state index contributed by atoms with van der Waals surface area (Å²) >= 11 is 1.68. The molecule has 1 saturated carbocycles. The lowest BCUT2D eigenvalue weighted by Crippen LogP contribution is -2.43. The highest BCUT2D eigenvalue weighted by Crippen LogP contribution is 2.52. The van der Waals surface area contributed by atoms with Crippen LogP contribution in [0.4, 0.5) is 16.4 Å². The maximum Gasteiger partial charge on any atom is 0.415 e. The van der Waals surface area contributed by atoms with Gasteiger partial charge in [0.05, 0.1) is 12.0 Å². The fourth-order valence-electron chi connectivity index (χ4n) is 7.57. The van der Waals surface area contributed by atoms with Crippen LogP contribution < -0.4 is 9.80 Å². The van der Waals surface area contributed by atoms with Crippen molar-refractivity contribution in [2.45, 2.75) is 96.2 Å². The standard InChI is InChI=1S/C36H49N7O3S/c1-9-42(34(45)46-35(4,5)6)30-15-26(36(17-24(3)18-36)33-37-22-40(7)39-33)16-31(38-30)43-21-28-27(32(43)44)13-25(14-29(28)47-8)20-41-12-10-11-23(2)19-41/h13-16,22-24H,9-12,17-21H2,1-8H3/t23-,24?,36?/m0/s1. The van der Waals surface area contributed by atoms with Gasteiger partial charge in [-0.1, -0.05) is 13.8 Å². The van der Waals surface area contributed by atoms with Crippen LogP contribution in [0.2, 0.25) is 0 Å². The maximum absolute atomic E-state index is 14.3. The molecule has 0 bridgehead atoms. The lowest BCUT2D eigenvalue weighted by molar-refractivity contribution is 0.0581. The van der Waals surface area contributed by atoms with Crippen molar-refractivity contribution in [2.24, 2.45) is 18.9 Å². The summed E-state index contributed by atoms with van der Waals surface area (Å²) in [4.78, 5) is 44.5. The first-order valence-corrected chi connectivity index (χ1v) is 18.2. The molecule has 0 spiro atoms. The molecule has 10 nitrogen and oxygen atoms in total. The van der Waals surface area contributed by atoms with E-state index in [0.717, 1.165) is 59.9 Å². The number of benzene rings is 1. The van der Waals surface area contributed by atoms with E-state index >= 15 is 0 Å². The van der Waals surface area contributed by atoms with E-state index in [-0.39, 0.29) is 5.91 Å². The molecule has 6 rings (SSSR count). The highest BCUT2D eigenvalue weighted by atomic mass is 32.2. The Morgan fingerprint density at radius 2 is 1.91 bits per heavy atom. The first-order chi connectivity index (χ1) is 22.3. The Hall–Kier alpha value is -3.44. The topological polar surface area (TPSA) is 96.7 Å². The zero-order chi connectivity index (χ0) is 33.7. The summed E-state index contributed by atoms with van der Waals surface area (Å²) in [5.74, 6) is 2.84. The third-order valence-electron chi connectivity index (χ3n) is 9.68.